The van der Waals surface area contributed by atoms with E-state index in [1.807, 2.05) is 6.07 Å². The van der Waals surface area contributed by atoms with Gasteiger partial charge in [-0.25, -0.2) is 9.07 Å². The van der Waals surface area contributed by atoms with E-state index in [4.69, 9.17) is 5.26 Å². The summed E-state index contributed by atoms with van der Waals surface area (Å²) in [6.07, 6.45) is 2.19. The van der Waals surface area contributed by atoms with Crippen LogP contribution in [0.15, 0.2) is 23.4 Å². The first-order valence-electron chi connectivity index (χ1n) is 5.87. The predicted octanol–water partition coefficient (Wildman–Crippen LogP) is 2.31. The van der Waals surface area contributed by atoms with Gasteiger partial charge in [-0.3, -0.25) is 0 Å². The van der Waals surface area contributed by atoms with E-state index in [0.29, 0.717) is 28.1 Å². The fourth-order valence-corrected chi connectivity index (χ4v) is 2.64. The molecule has 0 bridgehead atoms. The quantitative estimate of drug-likeness (QED) is 0.801. The van der Waals surface area contributed by atoms with Crippen molar-refractivity contribution in [1.82, 2.24) is 20.2 Å². The highest BCUT2D eigenvalue weighted by Gasteiger charge is 2.27. The summed E-state index contributed by atoms with van der Waals surface area (Å²) in [6, 6.07) is 6.75. The van der Waals surface area contributed by atoms with Gasteiger partial charge in [0, 0.05) is 5.75 Å². The molecule has 1 aliphatic rings. The molecule has 0 aliphatic heterocycles. The van der Waals surface area contributed by atoms with E-state index >= 15 is 0 Å². The maximum absolute atomic E-state index is 13.6. The maximum atomic E-state index is 13.6. The summed E-state index contributed by atoms with van der Waals surface area (Å²) in [6.45, 7) is 0. The fourth-order valence-electron chi connectivity index (χ4n) is 1.73. The third kappa shape index (κ3) is 2.58. The van der Waals surface area contributed by atoms with Crippen LogP contribution in [0.4, 0.5) is 4.39 Å². The number of aromatic nitrogens is 4. The molecule has 2 aromatic rings. The zero-order valence-electron chi connectivity index (χ0n) is 9.95. The van der Waals surface area contributed by atoms with Crippen LogP contribution in [0.3, 0.4) is 0 Å². The summed E-state index contributed by atoms with van der Waals surface area (Å²) >= 11 is 1.39. The highest BCUT2D eigenvalue weighted by atomic mass is 32.2. The Balaban J connectivity index is 1.75. The molecule has 0 amide bonds. The van der Waals surface area contributed by atoms with Crippen LogP contribution in [-0.2, 0) is 5.75 Å². The fraction of sp³-hybridized carbons (Fsp3) is 0.333. The van der Waals surface area contributed by atoms with Gasteiger partial charge in [0.15, 0.2) is 0 Å². The van der Waals surface area contributed by atoms with Crippen LogP contribution in [0.2, 0.25) is 0 Å². The van der Waals surface area contributed by atoms with Gasteiger partial charge in [0.1, 0.15) is 5.82 Å². The van der Waals surface area contributed by atoms with Crippen LogP contribution in [0, 0.1) is 17.1 Å². The summed E-state index contributed by atoms with van der Waals surface area (Å²) in [5, 5.41) is 21.0. The van der Waals surface area contributed by atoms with Crippen molar-refractivity contribution < 1.29 is 4.39 Å². The van der Waals surface area contributed by atoms with E-state index in [-0.39, 0.29) is 5.82 Å². The van der Waals surface area contributed by atoms with Crippen LogP contribution < -0.4 is 0 Å². The van der Waals surface area contributed by atoms with E-state index in [1.54, 1.807) is 10.7 Å². The lowest BCUT2D eigenvalue weighted by atomic mass is 10.1. The highest BCUT2D eigenvalue weighted by Crippen LogP contribution is 2.37. The van der Waals surface area contributed by atoms with Crippen LogP contribution in [-0.4, -0.2) is 20.2 Å². The van der Waals surface area contributed by atoms with E-state index in [9.17, 15) is 4.39 Å². The summed E-state index contributed by atoms with van der Waals surface area (Å²) in [4.78, 5) is 0. The van der Waals surface area contributed by atoms with Gasteiger partial charge in [0.25, 0.3) is 0 Å². The Hall–Kier alpha value is -1.94. The Morgan fingerprint density at radius 1 is 1.47 bits per heavy atom. The number of hydrogen-bond donors (Lipinski definition) is 0. The molecule has 5 nitrogen and oxygen atoms in total. The molecule has 1 heterocycles. The average Bonchev–Trinajstić information content (AvgIpc) is 3.17. The zero-order chi connectivity index (χ0) is 13.2. The minimum absolute atomic E-state index is 0.308. The zero-order valence-corrected chi connectivity index (χ0v) is 10.8. The second-order valence-electron chi connectivity index (χ2n) is 4.34. The van der Waals surface area contributed by atoms with Gasteiger partial charge < -0.3 is 0 Å². The summed E-state index contributed by atoms with van der Waals surface area (Å²) in [7, 11) is 0. The van der Waals surface area contributed by atoms with Crippen molar-refractivity contribution in [2.75, 3.05) is 0 Å². The number of thioether (sulfide) groups is 1. The van der Waals surface area contributed by atoms with Crippen molar-refractivity contribution in [1.29, 1.82) is 5.26 Å². The van der Waals surface area contributed by atoms with E-state index in [1.165, 1.54) is 23.9 Å². The summed E-state index contributed by atoms with van der Waals surface area (Å²) < 4.78 is 15.4. The molecule has 0 atom stereocenters. The minimum atomic E-state index is -0.308. The number of benzene rings is 1. The monoisotopic (exact) mass is 275 g/mol. The number of halogens is 1. The van der Waals surface area contributed by atoms with Crippen molar-refractivity contribution in [3.63, 3.8) is 0 Å². The van der Waals surface area contributed by atoms with Crippen molar-refractivity contribution in [2.45, 2.75) is 29.8 Å². The lowest BCUT2D eigenvalue weighted by Gasteiger charge is -2.04. The Bertz CT molecular complexity index is 644. The molecular weight excluding hydrogens is 265 g/mol. The lowest BCUT2D eigenvalue weighted by molar-refractivity contribution is 0.565. The predicted molar refractivity (Wildman–Crippen MR) is 66.8 cm³/mol. The molecule has 1 fully saturated rings. The van der Waals surface area contributed by atoms with Crippen LogP contribution in [0.25, 0.3) is 0 Å². The number of rotatable bonds is 4. The molecule has 3 rings (SSSR count). The van der Waals surface area contributed by atoms with Gasteiger partial charge in [-0.15, -0.1) is 5.10 Å². The molecule has 0 spiro atoms. The highest BCUT2D eigenvalue weighted by molar-refractivity contribution is 7.98. The standard InChI is InChI=1S/C12H10FN5S/c13-11-4-1-8(6-14)5-9(11)7-19-12-15-16-17-18(12)10-2-3-10/h1,4-5,10H,2-3,7H2. The minimum Gasteiger partial charge on any atom is -0.217 e. The van der Waals surface area contributed by atoms with E-state index < -0.39 is 0 Å². The van der Waals surface area contributed by atoms with Gasteiger partial charge in [0.2, 0.25) is 5.16 Å². The Morgan fingerprint density at radius 2 is 2.32 bits per heavy atom. The molecule has 0 radical (unpaired) electrons. The number of nitrogens with zero attached hydrogens (tertiary/aromatic N) is 5. The van der Waals surface area contributed by atoms with Gasteiger partial charge in [-0.05, 0) is 47.0 Å². The van der Waals surface area contributed by atoms with Crippen molar-refractivity contribution in [2.24, 2.45) is 0 Å². The second kappa shape index (κ2) is 4.97. The molecular formula is C12H10FN5S. The normalized spacial score (nSPS) is 14.3. The Kier molecular flexibility index (Phi) is 3.17. The molecule has 0 unspecified atom stereocenters. The van der Waals surface area contributed by atoms with Crippen LogP contribution >= 0.6 is 11.8 Å². The number of nitriles is 1. The first-order chi connectivity index (χ1) is 9.28. The Labute approximate surface area is 113 Å². The smallest absolute Gasteiger partial charge is 0.209 e. The molecule has 0 saturated heterocycles. The van der Waals surface area contributed by atoms with Gasteiger partial charge in [0.05, 0.1) is 17.7 Å². The molecule has 96 valence electrons. The van der Waals surface area contributed by atoms with E-state index in [0.717, 1.165) is 12.8 Å². The lowest BCUT2D eigenvalue weighted by Crippen LogP contribution is -1.99. The number of tetrazole rings is 1. The molecule has 1 aliphatic carbocycles. The third-order valence-corrected chi connectivity index (χ3v) is 3.87. The van der Waals surface area contributed by atoms with Crippen LogP contribution in [0.5, 0.6) is 0 Å². The average molecular weight is 275 g/mol. The van der Waals surface area contributed by atoms with Crippen molar-refractivity contribution in [3.8, 4) is 6.07 Å². The van der Waals surface area contributed by atoms with Gasteiger partial charge in [-0.1, -0.05) is 11.8 Å². The second-order valence-corrected chi connectivity index (χ2v) is 5.29. The Morgan fingerprint density at radius 3 is 3.05 bits per heavy atom. The first kappa shape index (κ1) is 12.1. The SMILES string of the molecule is N#Cc1ccc(F)c(CSc2nnnn2C2CC2)c1. The third-order valence-electron chi connectivity index (χ3n) is 2.89. The maximum Gasteiger partial charge on any atom is 0.209 e. The molecule has 1 saturated carbocycles. The molecule has 1 aromatic heterocycles. The molecule has 7 heteroatoms. The topological polar surface area (TPSA) is 67.4 Å². The van der Waals surface area contributed by atoms with Crippen molar-refractivity contribution >= 4 is 11.8 Å². The van der Waals surface area contributed by atoms with Gasteiger partial charge in [-0.2, -0.15) is 5.26 Å². The van der Waals surface area contributed by atoms with Gasteiger partial charge >= 0.3 is 0 Å². The van der Waals surface area contributed by atoms with Crippen molar-refractivity contribution in [3.05, 3.63) is 35.1 Å². The molecule has 1 aromatic carbocycles. The first-order valence-corrected chi connectivity index (χ1v) is 6.85. The molecule has 19 heavy (non-hydrogen) atoms. The van der Waals surface area contributed by atoms with Crippen LogP contribution in [0.1, 0.15) is 30.0 Å². The molecule has 0 N–H and O–H groups in total. The van der Waals surface area contributed by atoms with E-state index in [2.05, 4.69) is 15.5 Å². The number of hydrogen-bond acceptors (Lipinski definition) is 5. The summed E-state index contributed by atoms with van der Waals surface area (Å²) in [5.74, 6) is 0.103. The largest absolute Gasteiger partial charge is 0.217 e. The summed E-state index contributed by atoms with van der Waals surface area (Å²) in [5.41, 5.74) is 0.952.